The molecule has 0 bridgehead atoms. The van der Waals surface area contributed by atoms with E-state index in [4.69, 9.17) is 4.74 Å². The van der Waals surface area contributed by atoms with Gasteiger partial charge >= 0.3 is 5.97 Å². The Morgan fingerprint density at radius 3 is 2.62 bits per heavy atom. The monoisotopic (exact) mass is 397 g/mol. The molecule has 1 aromatic carbocycles. The number of aliphatic carboxylic acids is 1. The number of aromatic nitrogens is 5. The van der Waals surface area contributed by atoms with Crippen LogP contribution in [0.3, 0.4) is 0 Å². The number of methoxy groups -OCH3 is 1. The lowest BCUT2D eigenvalue weighted by Gasteiger charge is -2.11. The van der Waals surface area contributed by atoms with Crippen LogP contribution in [0.1, 0.15) is 18.7 Å². The van der Waals surface area contributed by atoms with Gasteiger partial charge < -0.3 is 9.84 Å². The van der Waals surface area contributed by atoms with Crippen molar-refractivity contribution in [2.45, 2.75) is 19.6 Å². The van der Waals surface area contributed by atoms with Crippen LogP contribution >= 0.6 is 0 Å². The van der Waals surface area contributed by atoms with Crippen molar-refractivity contribution in [2.75, 3.05) is 7.11 Å². The molecule has 0 aliphatic carbocycles. The van der Waals surface area contributed by atoms with Crippen LogP contribution in [0, 0.1) is 5.82 Å². The second-order valence-electron chi connectivity index (χ2n) is 6.47. The highest BCUT2D eigenvalue weighted by molar-refractivity contribution is 5.84. The summed E-state index contributed by atoms with van der Waals surface area (Å²) in [5.41, 5.74) is 1.99. The smallest absolute Gasteiger partial charge is 0.326 e. The summed E-state index contributed by atoms with van der Waals surface area (Å²) < 4.78 is 21.1. The van der Waals surface area contributed by atoms with Crippen molar-refractivity contribution in [3.8, 4) is 11.1 Å². The molecule has 0 spiro atoms. The molecule has 1 N–H and O–H groups in total. The van der Waals surface area contributed by atoms with E-state index >= 15 is 0 Å². The molecule has 148 valence electrons. The van der Waals surface area contributed by atoms with Crippen molar-refractivity contribution in [1.29, 1.82) is 0 Å². The molecule has 29 heavy (non-hydrogen) atoms. The Balaban J connectivity index is 2.01. The number of hydrogen-bond donors (Lipinski definition) is 1. The molecular formula is C19H16FN5O4. The van der Waals surface area contributed by atoms with Crippen LogP contribution in [-0.2, 0) is 16.1 Å². The predicted molar refractivity (Wildman–Crippen MR) is 101 cm³/mol. The minimum Gasteiger partial charge on any atom is -0.480 e. The van der Waals surface area contributed by atoms with Crippen LogP contribution in [0.4, 0.5) is 4.39 Å². The lowest BCUT2D eigenvalue weighted by molar-refractivity contribution is -0.140. The molecular weight excluding hydrogens is 381 g/mol. The zero-order chi connectivity index (χ0) is 20.7. The first kappa shape index (κ1) is 18.7. The van der Waals surface area contributed by atoms with Crippen LogP contribution in [-0.4, -0.2) is 42.6 Å². The fourth-order valence-corrected chi connectivity index (χ4v) is 3.18. The Hall–Kier alpha value is -3.66. The van der Waals surface area contributed by atoms with E-state index in [9.17, 15) is 19.1 Å². The number of carbonyl (C=O) groups is 1. The van der Waals surface area contributed by atoms with Gasteiger partial charge in [-0.2, -0.15) is 5.10 Å². The maximum atomic E-state index is 13.4. The van der Waals surface area contributed by atoms with Crippen LogP contribution in [0.15, 0.2) is 41.3 Å². The first-order valence-corrected chi connectivity index (χ1v) is 8.69. The van der Waals surface area contributed by atoms with Gasteiger partial charge in [-0.1, -0.05) is 12.1 Å². The highest BCUT2D eigenvalue weighted by Crippen LogP contribution is 2.29. The second-order valence-corrected chi connectivity index (χ2v) is 6.47. The van der Waals surface area contributed by atoms with E-state index in [1.54, 1.807) is 18.2 Å². The van der Waals surface area contributed by atoms with E-state index < -0.39 is 17.6 Å². The molecule has 0 saturated carbocycles. The molecule has 3 heterocycles. The minimum atomic E-state index is -1.14. The third-order valence-electron chi connectivity index (χ3n) is 4.67. The fourth-order valence-electron chi connectivity index (χ4n) is 3.18. The van der Waals surface area contributed by atoms with E-state index in [0.717, 1.165) is 4.57 Å². The number of carboxylic acids is 1. The first-order chi connectivity index (χ1) is 13.9. The zero-order valence-electron chi connectivity index (χ0n) is 15.5. The van der Waals surface area contributed by atoms with Crippen LogP contribution in [0.5, 0.6) is 0 Å². The number of ether oxygens (including phenoxy) is 1. The normalized spacial score (nSPS) is 12.5. The number of nitrogens with zero attached hydrogens (tertiary/aromatic N) is 5. The quantitative estimate of drug-likeness (QED) is 0.548. The predicted octanol–water partition coefficient (Wildman–Crippen LogP) is 2.04. The summed E-state index contributed by atoms with van der Waals surface area (Å²) in [5, 5.41) is 21.9. The lowest BCUT2D eigenvalue weighted by atomic mass is 10.1. The fraction of sp³-hybridized carbons (Fsp3) is 0.211. The third-order valence-corrected chi connectivity index (χ3v) is 4.67. The van der Waals surface area contributed by atoms with Crippen LogP contribution in [0.2, 0.25) is 0 Å². The average Bonchev–Trinajstić information content (AvgIpc) is 3.07. The standard InChI is InChI=1S/C19H16FN5O4/c1-10(19(27)28)24-8-7-14-16(18(24)26)21-22-17-15(11-3-5-12(20)6-4-11)13(9-29-2)23-25(14)17/h3-8,10H,9H2,1-2H3,(H,27,28)/t10-/m0/s1. The molecule has 0 fully saturated rings. The SMILES string of the molecule is COCc1nn2c(nnc3c(=O)n([C@@H](C)C(=O)O)ccc32)c1-c1ccc(F)cc1. The van der Waals surface area contributed by atoms with E-state index in [1.165, 1.54) is 36.9 Å². The van der Waals surface area contributed by atoms with E-state index in [1.807, 2.05) is 0 Å². The molecule has 4 aromatic rings. The van der Waals surface area contributed by atoms with Gasteiger partial charge in [0.25, 0.3) is 5.56 Å². The van der Waals surface area contributed by atoms with Gasteiger partial charge in [-0.3, -0.25) is 9.36 Å². The number of hydrogen-bond acceptors (Lipinski definition) is 6. The topological polar surface area (TPSA) is 112 Å². The minimum absolute atomic E-state index is 0.00905. The van der Waals surface area contributed by atoms with E-state index in [-0.39, 0.29) is 17.9 Å². The molecule has 4 rings (SSSR count). The first-order valence-electron chi connectivity index (χ1n) is 8.69. The number of fused-ring (bicyclic) bond motifs is 3. The molecule has 10 heteroatoms. The van der Waals surface area contributed by atoms with Crippen molar-refractivity contribution in [3.05, 3.63) is 58.4 Å². The Morgan fingerprint density at radius 2 is 1.97 bits per heavy atom. The van der Waals surface area contributed by atoms with Gasteiger partial charge in [0, 0.05) is 13.3 Å². The van der Waals surface area contributed by atoms with Crippen molar-refractivity contribution in [1.82, 2.24) is 24.4 Å². The molecule has 0 radical (unpaired) electrons. The molecule has 0 amide bonds. The van der Waals surface area contributed by atoms with Crippen molar-refractivity contribution in [3.63, 3.8) is 0 Å². The summed E-state index contributed by atoms with van der Waals surface area (Å²) in [7, 11) is 1.52. The van der Waals surface area contributed by atoms with Gasteiger partial charge in [0.1, 0.15) is 17.4 Å². The Bertz CT molecular complexity index is 1300. The van der Waals surface area contributed by atoms with Gasteiger partial charge in [-0.15, -0.1) is 10.2 Å². The van der Waals surface area contributed by atoms with Crippen molar-refractivity contribution in [2.24, 2.45) is 0 Å². The maximum absolute atomic E-state index is 13.4. The van der Waals surface area contributed by atoms with E-state index in [2.05, 4.69) is 15.3 Å². The summed E-state index contributed by atoms with van der Waals surface area (Å²) in [6, 6.07) is 6.37. The van der Waals surface area contributed by atoms with Gasteiger partial charge in [-0.25, -0.2) is 13.7 Å². The number of pyridine rings is 1. The van der Waals surface area contributed by atoms with Gasteiger partial charge in [0.2, 0.25) is 0 Å². The molecule has 0 aliphatic rings. The highest BCUT2D eigenvalue weighted by Gasteiger charge is 2.21. The summed E-state index contributed by atoms with van der Waals surface area (Å²) in [4.78, 5) is 24.0. The lowest BCUT2D eigenvalue weighted by Crippen LogP contribution is -2.28. The van der Waals surface area contributed by atoms with Gasteiger partial charge in [0.15, 0.2) is 11.2 Å². The molecule has 0 aliphatic heterocycles. The molecule has 0 unspecified atom stereocenters. The largest absolute Gasteiger partial charge is 0.480 e. The average molecular weight is 397 g/mol. The van der Waals surface area contributed by atoms with Crippen LogP contribution in [0.25, 0.3) is 27.8 Å². The summed E-state index contributed by atoms with van der Waals surface area (Å²) in [6.45, 7) is 1.57. The molecule has 3 aromatic heterocycles. The van der Waals surface area contributed by atoms with Crippen molar-refractivity contribution >= 4 is 22.6 Å². The summed E-state index contributed by atoms with van der Waals surface area (Å²) >= 11 is 0. The van der Waals surface area contributed by atoms with Crippen molar-refractivity contribution < 1.29 is 19.0 Å². The number of benzene rings is 1. The Kier molecular flexibility index (Phi) is 4.55. The summed E-state index contributed by atoms with van der Waals surface area (Å²) in [6.07, 6.45) is 1.39. The number of halogens is 1. The van der Waals surface area contributed by atoms with Gasteiger partial charge in [-0.05, 0) is 30.7 Å². The molecule has 9 nitrogen and oxygen atoms in total. The van der Waals surface area contributed by atoms with Crippen LogP contribution < -0.4 is 5.56 Å². The number of rotatable bonds is 5. The zero-order valence-corrected chi connectivity index (χ0v) is 15.5. The molecule has 1 atom stereocenters. The Labute approximate surface area is 163 Å². The van der Waals surface area contributed by atoms with E-state index in [0.29, 0.717) is 28.0 Å². The maximum Gasteiger partial charge on any atom is 0.326 e. The molecule has 0 saturated heterocycles. The highest BCUT2D eigenvalue weighted by atomic mass is 19.1. The second kappa shape index (κ2) is 7.06. The third kappa shape index (κ3) is 3.03. The Morgan fingerprint density at radius 1 is 1.24 bits per heavy atom. The number of carboxylic acid groups (broad SMARTS) is 1. The summed E-state index contributed by atoms with van der Waals surface area (Å²) in [5.74, 6) is -1.51. The van der Waals surface area contributed by atoms with Gasteiger partial charge in [0.05, 0.1) is 17.9 Å².